The number of rotatable bonds is 3. The summed E-state index contributed by atoms with van der Waals surface area (Å²) in [5, 5.41) is 10.7. The van der Waals surface area contributed by atoms with Gasteiger partial charge in [0.2, 0.25) is 5.91 Å². The Hall–Kier alpha value is -3.99. The molecule has 3 aromatic carbocycles. The molecule has 0 unspecified atom stereocenters. The largest absolute Gasteiger partial charge is 0.508 e. The zero-order chi connectivity index (χ0) is 22.4. The van der Waals surface area contributed by atoms with Gasteiger partial charge in [-0.05, 0) is 65.1 Å². The van der Waals surface area contributed by atoms with Crippen LogP contribution in [0.5, 0.6) is 11.5 Å². The number of carbonyl (C=O) groups is 1. The minimum atomic E-state index is -0.191. The van der Waals surface area contributed by atoms with Crippen LogP contribution in [-0.2, 0) is 17.6 Å². The zero-order valence-electron chi connectivity index (χ0n) is 18.1. The molecule has 1 aromatic heterocycles. The van der Waals surface area contributed by atoms with Gasteiger partial charge in [-0.25, -0.2) is 0 Å². The SMILES string of the molecule is O=C(C=Cc1ccc(O)cc1)N1CCc2c([nH]c3ccccc23)[C@H]1c1ccc2c(c1)CCO2. The molecule has 0 spiro atoms. The topological polar surface area (TPSA) is 65.6 Å². The number of amides is 1. The van der Waals surface area contributed by atoms with Crippen molar-refractivity contribution in [2.24, 2.45) is 0 Å². The molecule has 0 saturated carbocycles. The minimum Gasteiger partial charge on any atom is -0.508 e. The van der Waals surface area contributed by atoms with Crippen molar-refractivity contribution in [2.75, 3.05) is 13.2 Å². The lowest BCUT2D eigenvalue weighted by molar-refractivity contribution is -0.128. The molecule has 0 fully saturated rings. The Morgan fingerprint density at radius 1 is 1.06 bits per heavy atom. The fourth-order valence-electron chi connectivity index (χ4n) is 5.05. The van der Waals surface area contributed by atoms with Crippen molar-refractivity contribution < 1.29 is 14.6 Å². The van der Waals surface area contributed by atoms with Crippen LogP contribution in [0, 0.1) is 0 Å². The van der Waals surface area contributed by atoms with Crippen molar-refractivity contribution in [2.45, 2.75) is 18.9 Å². The van der Waals surface area contributed by atoms with Crippen LogP contribution in [0.15, 0.2) is 72.8 Å². The van der Waals surface area contributed by atoms with E-state index in [1.165, 1.54) is 16.5 Å². The fourth-order valence-corrected chi connectivity index (χ4v) is 5.05. The number of nitrogens with zero attached hydrogens (tertiary/aromatic N) is 1. The number of phenols is 1. The summed E-state index contributed by atoms with van der Waals surface area (Å²) in [5.41, 5.74) is 6.65. The summed E-state index contributed by atoms with van der Waals surface area (Å²) < 4.78 is 5.71. The maximum Gasteiger partial charge on any atom is 0.247 e. The summed E-state index contributed by atoms with van der Waals surface area (Å²) >= 11 is 0. The summed E-state index contributed by atoms with van der Waals surface area (Å²) in [6.45, 7) is 1.35. The predicted molar refractivity (Wildman–Crippen MR) is 128 cm³/mol. The Balaban J connectivity index is 1.42. The normalized spacial score (nSPS) is 17.2. The second-order valence-electron chi connectivity index (χ2n) is 8.64. The van der Waals surface area contributed by atoms with Crippen LogP contribution in [0.4, 0.5) is 0 Å². The van der Waals surface area contributed by atoms with Crippen molar-refractivity contribution in [3.63, 3.8) is 0 Å². The highest BCUT2D eigenvalue weighted by molar-refractivity contribution is 5.93. The van der Waals surface area contributed by atoms with Crippen LogP contribution in [0.1, 0.15) is 34.0 Å². The number of aromatic nitrogens is 1. The van der Waals surface area contributed by atoms with E-state index in [9.17, 15) is 9.90 Å². The number of H-pyrrole nitrogens is 1. The van der Waals surface area contributed by atoms with Gasteiger partial charge in [0, 0.05) is 35.6 Å². The van der Waals surface area contributed by atoms with Crippen LogP contribution < -0.4 is 4.74 Å². The van der Waals surface area contributed by atoms with Gasteiger partial charge in [0.15, 0.2) is 0 Å². The summed E-state index contributed by atoms with van der Waals surface area (Å²) in [7, 11) is 0. The van der Waals surface area contributed by atoms with Gasteiger partial charge in [-0.15, -0.1) is 0 Å². The predicted octanol–water partition coefficient (Wildman–Crippen LogP) is 5.00. The summed E-state index contributed by atoms with van der Waals surface area (Å²) in [6.07, 6.45) is 5.13. The van der Waals surface area contributed by atoms with Crippen molar-refractivity contribution in [3.8, 4) is 11.5 Å². The first-order valence-corrected chi connectivity index (χ1v) is 11.3. The lowest BCUT2D eigenvalue weighted by Crippen LogP contribution is -2.39. The van der Waals surface area contributed by atoms with Gasteiger partial charge in [0.05, 0.1) is 12.6 Å². The number of aromatic hydroxyl groups is 1. The van der Waals surface area contributed by atoms with Gasteiger partial charge < -0.3 is 19.7 Å². The number of ether oxygens (including phenoxy) is 1. The van der Waals surface area contributed by atoms with E-state index in [0.717, 1.165) is 40.9 Å². The number of para-hydroxylation sites is 1. The lowest BCUT2D eigenvalue weighted by atomic mass is 9.91. The van der Waals surface area contributed by atoms with Crippen molar-refractivity contribution >= 4 is 22.9 Å². The van der Waals surface area contributed by atoms with Crippen molar-refractivity contribution in [1.82, 2.24) is 9.88 Å². The molecule has 33 heavy (non-hydrogen) atoms. The zero-order valence-corrected chi connectivity index (χ0v) is 18.1. The molecule has 164 valence electrons. The Kier molecular flexibility index (Phi) is 4.68. The Labute approximate surface area is 191 Å². The third kappa shape index (κ3) is 3.46. The molecule has 0 bridgehead atoms. The van der Waals surface area contributed by atoms with E-state index in [-0.39, 0.29) is 17.7 Å². The number of fused-ring (bicyclic) bond motifs is 4. The van der Waals surface area contributed by atoms with Crippen LogP contribution in [0.3, 0.4) is 0 Å². The van der Waals surface area contributed by atoms with Crippen LogP contribution in [-0.4, -0.2) is 34.0 Å². The van der Waals surface area contributed by atoms with Gasteiger partial charge >= 0.3 is 0 Å². The van der Waals surface area contributed by atoms with Crippen molar-refractivity contribution in [3.05, 3.63) is 101 Å². The van der Waals surface area contributed by atoms with Gasteiger partial charge in [0.25, 0.3) is 0 Å². The third-order valence-corrected chi connectivity index (χ3v) is 6.66. The number of hydrogen-bond acceptors (Lipinski definition) is 3. The summed E-state index contributed by atoms with van der Waals surface area (Å²) in [4.78, 5) is 19.0. The van der Waals surface area contributed by atoms with Crippen LogP contribution in [0.2, 0.25) is 0 Å². The molecular formula is C28H24N2O3. The summed E-state index contributed by atoms with van der Waals surface area (Å²) in [5.74, 6) is 1.12. The second kappa shape index (κ2) is 7.85. The average Bonchev–Trinajstić information content (AvgIpc) is 3.46. The first-order valence-electron chi connectivity index (χ1n) is 11.3. The van der Waals surface area contributed by atoms with Crippen LogP contribution in [0.25, 0.3) is 17.0 Å². The number of aromatic amines is 1. The highest BCUT2D eigenvalue weighted by atomic mass is 16.5. The van der Waals surface area contributed by atoms with Gasteiger partial charge in [-0.2, -0.15) is 0 Å². The smallest absolute Gasteiger partial charge is 0.247 e. The standard InChI is InChI=1S/C28H24N2O3/c31-21-9-5-18(6-10-21)7-12-26(32)30-15-13-23-22-3-1-2-4-24(22)29-27(23)28(30)20-8-11-25-19(17-20)14-16-33-25/h1-12,17,28-29,31H,13-16H2/t28-/m1/s1. The van der Waals surface area contributed by atoms with Gasteiger partial charge in [0.1, 0.15) is 11.5 Å². The van der Waals surface area contributed by atoms with E-state index in [4.69, 9.17) is 4.74 Å². The molecule has 2 aliphatic heterocycles. The van der Waals surface area contributed by atoms with E-state index in [1.807, 2.05) is 17.0 Å². The Bertz CT molecular complexity index is 1380. The fraction of sp³-hybridized carbons (Fsp3) is 0.179. The molecular weight excluding hydrogens is 412 g/mol. The highest BCUT2D eigenvalue weighted by Crippen LogP contribution is 2.40. The molecule has 1 atom stereocenters. The molecule has 2 N–H and O–H groups in total. The number of nitrogens with one attached hydrogen (secondary N) is 1. The Morgan fingerprint density at radius 3 is 2.79 bits per heavy atom. The average molecular weight is 437 g/mol. The molecule has 6 rings (SSSR count). The number of benzene rings is 3. The second-order valence-corrected chi connectivity index (χ2v) is 8.64. The molecule has 5 nitrogen and oxygen atoms in total. The minimum absolute atomic E-state index is 0.0332. The van der Waals surface area contributed by atoms with E-state index in [0.29, 0.717) is 13.2 Å². The quantitative estimate of drug-likeness (QED) is 0.445. The summed E-state index contributed by atoms with van der Waals surface area (Å²) in [6, 6.07) is 21.3. The third-order valence-electron chi connectivity index (χ3n) is 6.66. The maximum absolute atomic E-state index is 13.4. The first-order chi connectivity index (χ1) is 16.2. The number of phenolic OH excluding ortho intramolecular Hbond substituents is 1. The van der Waals surface area contributed by atoms with E-state index in [1.54, 1.807) is 36.4 Å². The molecule has 3 heterocycles. The van der Waals surface area contributed by atoms with E-state index < -0.39 is 0 Å². The first kappa shape index (κ1) is 19.7. The monoisotopic (exact) mass is 436 g/mol. The van der Waals surface area contributed by atoms with Gasteiger partial charge in [-0.1, -0.05) is 36.4 Å². The highest BCUT2D eigenvalue weighted by Gasteiger charge is 2.34. The van der Waals surface area contributed by atoms with E-state index in [2.05, 4.69) is 35.3 Å². The molecule has 0 radical (unpaired) electrons. The van der Waals surface area contributed by atoms with Crippen LogP contribution >= 0.6 is 0 Å². The van der Waals surface area contributed by atoms with E-state index >= 15 is 0 Å². The number of hydrogen-bond donors (Lipinski definition) is 2. The molecule has 0 saturated heterocycles. The molecule has 1 amide bonds. The molecule has 4 aromatic rings. The van der Waals surface area contributed by atoms with Gasteiger partial charge in [-0.3, -0.25) is 4.79 Å². The Morgan fingerprint density at radius 2 is 1.91 bits per heavy atom. The number of carbonyl (C=O) groups excluding carboxylic acids is 1. The molecule has 5 heteroatoms. The maximum atomic E-state index is 13.4. The van der Waals surface area contributed by atoms with Crippen molar-refractivity contribution in [1.29, 1.82) is 0 Å². The lowest BCUT2D eigenvalue weighted by Gasteiger charge is -2.36. The molecule has 2 aliphatic rings. The molecule has 0 aliphatic carbocycles.